The molecule has 1 aliphatic rings. The molecule has 0 radical (unpaired) electrons. The molecule has 0 aliphatic heterocycles. The first-order valence-corrected chi connectivity index (χ1v) is 8.03. The van der Waals surface area contributed by atoms with Gasteiger partial charge in [0, 0.05) is 9.90 Å². The molecule has 1 aromatic carbocycles. The molecule has 0 saturated heterocycles. The Morgan fingerprint density at radius 2 is 2.00 bits per heavy atom. The monoisotopic (exact) mass is 305 g/mol. The zero-order chi connectivity index (χ0) is 14.0. The molecule has 1 amide bonds. The van der Waals surface area contributed by atoms with Crippen molar-refractivity contribution < 1.29 is 4.79 Å². The van der Waals surface area contributed by atoms with Crippen molar-refractivity contribution in [2.75, 3.05) is 0 Å². The van der Waals surface area contributed by atoms with Gasteiger partial charge in [0.25, 0.3) is 0 Å². The minimum Gasteiger partial charge on any atom is -0.350 e. The molecular weight excluding hydrogens is 290 g/mol. The van der Waals surface area contributed by atoms with Gasteiger partial charge in [-0.1, -0.05) is 36.2 Å². The molecule has 20 heavy (non-hydrogen) atoms. The molecular formula is C16H16ClNOS. The van der Waals surface area contributed by atoms with Crippen molar-refractivity contribution in [2.45, 2.75) is 31.2 Å². The van der Waals surface area contributed by atoms with Gasteiger partial charge in [0.15, 0.2) is 0 Å². The first-order chi connectivity index (χ1) is 9.71. The Hall–Kier alpha value is -1.32. The minimum atomic E-state index is -0.345. The van der Waals surface area contributed by atoms with Crippen LogP contribution in [0.15, 0.2) is 41.8 Å². The van der Waals surface area contributed by atoms with Crippen molar-refractivity contribution in [2.24, 2.45) is 0 Å². The Balaban J connectivity index is 1.74. The third kappa shape index (κ3) is 2.48. The van der Waals surface area contributed by atoms with Crippen LogP contribution in [0.2, 0.25) is 5.02 Å². The van der Waals surface area contributed by atoms with E-state index in [9.17, 15) is 4.79 Å². The largest absolute Gasteiger partial charge is 0.350 e. The minimum absolute atomic E-state index is 0.138. The smallest absolute Gasteiger partial charge is 0.230 e. The van der Waals surface area contributed by atoms with E-state index < -0.39 is 0 Å². The van der Waals surface area contributed by atoms with Crippen LogP contribution in [0.3, 0.4) is 0 Å². The Kier molecular flexibility index (Phi) is 3.81. The van der Waals surface area contributed by atoms with Crippen LogP contribution in [0.1, 0.15) is 29.7 Å². The van der Waals surface area contributed by atoms with Gasteiger partial charge in [-0.15, -0.1) is 11.3 Å². The summed E-state index contributed by atoms with van der Waals surface area (Å²) in [6, 6.07) is 11.7. The van der Waals surface area contributed by atoms with Crippen molar-refractivity contribution >= 4 is 28.8 Å². The molecule has 2 aromatic rings. The van der Waals surface area contributed by atoms with E-state index in [0.29, 0.717) is 11.6 Å². The first kappa shape index (κ1) is 13.7. The zero-order valence-corrected chi connectivity index (χ0v) is 12.6. The van der Waals surface area contributed by atoms with Crippen molar-refractivity contribution in [1.29, 1.82) is 0 Å². The second kappa shape index (κ2) is 5.58. The summed E-state index contributed by atoms with van der Waals surface area (Å²) in [5.74, 6) is 0.138. The molecule has 3 rings (SSSR count). The van der Waals surface area contributed by atoms with Crippen molar-refractivity contribution in [3.8, 4) is 0 Å². The number of carbonyl (C=O) groups excluding carboxylic acids is 1. The van der Waals surface area contributed by atoms with Gasteiger partial charge in [-0.3, -0.25) is 4.79 Å². The molecule has 1 saturated carbocycles. The number of hydrogen-bond acceptors (Lipinski definition) is 2. The number of thiophene rings is 1. The topological polar surface area (TPSA) is 29.1 Å². The Morgan fingerprint density at radius 3 is 2.55 bits per heavy atom. The zero-order valence-electron chi connectivity index (χ0n) is 11.1. The van der Waals surface area contributed by atoms with Gasteiger partial charge in [-0.2, -0.15) is 0 Å². The Bertz CT molecular complexity index is 587. The second-order valence-corrected chi connectivity index (χ2v) is 6.67. The van der Waals surface area contributed by atoms with Crippen LogP contribution >= 0.6 is 22.9 Å². The SMILES string of the molecule is O=C(NCc1cccs1)C1(c2ccc(Cl)cc2)CCC1. The summed E-state index contributed by atoms with van der Waals surface area (Å²) in [6.45, 7) is 0.617. The maximum atomic E-state index is 12.6. The normalized spacial score (nSPS) is 16.4. The van der Waals surface area contributed by atoms with Gasteiger partial charge in [0.1, 0.15) is 0 Å². The molecule has 2 nitrogen and oxygen atoms in total. The highest BCUT2D eigenvalue weighted by molar-refractivity contribution is 7.09. The van der Waals surface area contributed by atoms with E-state index in [0.717, 1.165) is 24.8 Å². The summed E-state index contributed by atoms with van der Waals surface area (Å²) >= 11 is 7.60. The molecule has 104 valence electrons. The standard InChI is InChI=1S/C16H16ClNOS/c17-13-6-4-12(5-7-13)16(8-2-9-16)15(19)18-11-14-3-1-10-20-14/h1,3-7,10H,2,8-9,11H2,(H,18,19). The lowest BCUT2D eigenvalue weighted by atomic mass is 9.64. The number of benzene rings is 1. The van der Waals surface area contributed by atoms with E-state index in [1.807, 2.05) is 41.8 Å². The van der Waals surface area contributed by atoms with Gasteiger partial charge in [-0.25, -0.2) is 0 Å². The predicted octanol–water partition coefficient (Wildman–Crippen LogP) is 4.14. The predicted molar refractivity (Wildman–Crippen MR) is 83.1 cm³/mol. The van der Waals surface area contributed by atoms with Crippen LogP contribution in [-0.2, 0) is 16.8 Å². The van der Waals surface area contributed by atoms with Crippen LogP contribution in [0.5, 0.6) is 0 Å². The molecule has 1 aliphatic carbocycles. The molecule has 0 unspecified atom stereocenters. The summed E-state index contributed by atoms with van der Waals surface area (Å²) in [7, 11) is 0. The number of hydrogen-bond donors (Lipinski definition) is 1. The maximum Gasteiger partial charge on any atom is 0.230 e. The van der Waals surface area contributed by atoms with E-state index in [4.69, 9.17) is 11.6 Å². The first-order valence-electron chi connectivity index (χ1n) is 6.77. The van der Waals surface area contributed by atoms with Crippen LogP contribution in [0, 0.1) is 0 Å². The second-order valence-electron chi connectivity index (χ2n) is 5.20. The molecule has 0 spiro atoms. The lowest BCUT2D eigenvalue weighted by molar-refractivity contribution is -0.130. The van der Waals surface area contributed by atoms with E-state index in [2.05, 4.69) is 5.32 Å². The summed E-state index contributed by atoms with van der Waals surface area (Å²) in [6.07, 6.45) is 2.95. The van der Waals surface area contributed by atoms with E-state index in [-0.39, 0.29) is 11.3 Å². The van der Waals surface area contributed by atoms with Gasteiger partial charge in [0.05, 0.1) is 12.0 Å². The number of nitrogens with one attached hydrogen (secondary N) is 1. The van der Waals surface area contributed by atoms with Gasteiger partial charge in [0.2, 0.25) is 5.91 Å². The van der Waals surface area contributed by atoms with Crippen LogP contribution in [0.4, 0.5) is 0 Å². The molecule has 0 atom stereocenters. The molecule has 1 N–H and O–H groups in total. The van der Waals surface area contributed by atoms with Crippen LogP contribution in [0.25, 0.3) is 0 Å². The number of amides is 1. The average Bonchev–Trinajstić information content (AvgIpc) is 2.90. The number of carbonyl (C=O) groups is 1. The molecule has 4 heteroatoms. The maximum absolute atomic E-state index is 12.6. The summed E-state index contributed by atoms with van der Waals surface area (Å²) in [5, 5.41) is 5.82. The molecule has 1 aromatic heterocycles. The third-order valence-corrected chi connectivity index (χ3v) is 5.17. The van der Waals surface area contributed by atoms with Crippen molar-refractivity contribution in [3.63, 3.8) is 0 Å². The fourth-order valence-corrected chi connectivity index (χ4v) is 3.47. The lowest BCUT2D eigenvalue weighted by Gasteiger charge is -2.40. The highest BCUT2D eigenvalue weighted by atomic mass is 35.5. The summed E-state index contributed by atoms with van der Waals surface area (Å²) < 4.78 is 0. The third-order valence-electron chi connectivity index (χ3n) is 4.04. The Labute approximate surface area is 127 Å². The molecule has 1 heterocycles. The van der Waals surface area contributed by atoms with Gasteiger partial charge < -0.3 is 5.32 Å². The lowest BCUT2D eigenvalue weighted by Crippen LogP contribution is -2.48. The molecule has 0 bridgehead atoms. The van der Waals surface area contributed by atoms with Gasteiger partial charge >= 0.3 is 0 Å². The van der Waals surface area contributed by atoms with E-state index in [1.165, 1.54) is 4.88 Å². The fourth-order valence-electron chi connectivity index (χ4n) is 2.70. The van der Waals surface area contributed by atoms with Gasteiger partial charge in [-0.05, 0) is 42.0 Å². The molecule has 1 fully saturated rings. The van der Waals surface area contributed by atoms with Crippen LogP contribution in [-0.4, -0.2) is 5.91 Å². The van der Waals surface area contributed by atoms with E-state index >= 15 is 0 Å². The highest BCUT2D eigenvalue weighted by Crippen LogP contribution is 2.44. The number of halogens is 1. The van der Waals surface area contributed by atoms with Crippen LogP contribution < -0.4 is 5.32 Å². The fraction of sp³-hybridized carbons (Fsp3) is 0.312. The highest BCUT2D eigenvalue weighted by Gasteiger charge is 2.45. The number of rotatable bonds is 4. The quantitative estimate of drug-likeness (QED) is 0.903. The van der Waals surface area contributed by atoms with Crippen molar-refractivity contribution in [1.82, 2.24) is 5.32 Å². The van der Waals surface area contributed by atoms with Crippen molar-refractivity contribution in [3.05, 3.63) is 57.2 Å². The van der Waals surface area contributed by atoms with E-state index in [1.54, 1.807) is 11.3 Å². The average molecular weight is 306 g/mol. The Morgan fingerprint density at radius 1 is 1.25 bits per heavy atom. The summed E-state index contributed by atoms with van der Waals surface area (Å²) in [5.41, 5.74) is 0.735. The summed E-state index contributed by atoms with van der Waals surface area (Å²) in [4.78, 5) is 13.8.